The zero-order valence-corrected chi connectivity index (χ0v) is 31.1. The molecule has 3 unspecified atom stereocenters. The Labute approximate surface area is 293 Å². The predicted octanol–water partition coefficient (Wildman–Crippen LogP) is 7.64. The molecule has 1 N–H and O–H groups in total. The Balaban J connectivity index is 1.32. The molecule has 3 aromatic rings. The summed E-state index contributed by atoms with van der Waals surface area (Å²) in [6.45, 7) is 15.8. The first-order valence-electron chi connectivity index (χ1n) is 17.3. The van der Waals surface area contributed by atoms with Crippen LogP contribution in [0.15, 0.2) is 78.9 Å². The van der Waals surface area contributed by atoms with Crippen LogP contribution in [0.4, 0.5) is 4.79 Å². The number of aliphatic hydroxyl groups is 1. The van der Waals surface area contributed by atoms with Crippen LogP contribution in [0.2, 0.25) is 25.7 Å². The number of β-amino-alcohol motifs (C(OH)–C–C–N with tert-alkyl or cyclic N) is 1. The third-order valence-corrected chi connectivity index (χ3v) is 9.75. The van der Waals surface area contributed by atoms with Gasteiger partial charge in [0.25, 0.3) is 0 Å². The van der Waals surface area contributed by atoms with Gasteiger partial charge in [0.1, 0.15) is 17.1 Å². The summed E-state index contributed by atoms with van der Waals surface area (Å²) in [5.74, 6) is 1.12. The maximum atomic E-state index is 13.0. The Morgan fingerprint density at radius 3 is 2.12 bits per heavy atom. The number of piperidine rings is 1. The van der Waals surface area contributed by atoms with E-state index in [2.05, 4.69) is 19.6 Å². The third kappa shape index (κ3) is 13.8. The summed E-state index contributed by atoms with van der Waals surface area (Å²) >= 11 is 0. The van der Waals surface area contributed by atoms with Gasteiger partial charge in [-0.2, -0.15) is 0 Å². The minimum atomic E-state index is -1.14. The summed E-state index contributed by atoms with van der Waals surface area (Å²) in [4.78, 5) is 14.5. The Hall–Kier alpha value is -3.41. The Morgan fingerprint density at radius 2 is 1.45 bits per heavy atom. The molecule has 49 heavy (non-hydrogen) atoms. The topological polar surface area (TPSA) is 95.9 Å². The van der Waals surface area contributed by atoms with Crippen LogP contribution < -0.4 is 9.47 Å². The van der Waals surface area contributed by atoms with Gasteiger partial charge in [0, 0.05) is 27.0 Å². The quantitative estimate of drug-likeness (QED) is 0.0876. The molecule has 1 saturated heterocycles. The van der Waals surface area contributed by atoms with E-state index in [4.69, 9.17) is 28.4 Å². The fraction of sp³-hybridized carbons (Fsp3) is 0.513. The van der Waals surface area contributed by atoms with E-state index in [-0.39, 0.29) is 25.8 Å². The molecule has 0 spiro atoms. The van der Waals surface area contributed by atoms with Crippen molar-refractivity contribution in [2.24, 2.45) is 0 Å². The van der Waals surface area contributed by atoms with E-state index < -0.39 is 32.0 Å². The fourth-order valence-electron chi connectivity index (χ4n) is 5.39. The average Bonchev–Trinajstić information content (AvgIpc) is 3.05. The lowest BCUT2D eigenvalue weighted by Crippen LogP contribution is -2.54. The third-order valence-electron chi connectivity index (χ3n) is 8.05. The van der Waals surface area contributed by atoms with Gasteiger partial charge in [-0.15, -0.1) is 0 Å². The van der Waals surface area contributed by atoms with Crippen LogP contribution in [-0.2, 0) is 32.2 Å². The molecule has 4 rings (SSSR count). The summed E-state index contributed by atoms with van der Waals surface area (Å²) in [5, 5.41) is 11.4. The van der Waals surface area contributed by atoms with E-state index in [1.165, 1.54) is 4.90 Å². The molecule has 0 radical (unpaired) electrons. The van der Waals surface area contributed by atoms with Crippen LogP contribution in [0.5, 0.6) is 11.5 Å². The highest BCUT2D eigenvalue weighted by molar-refractivity contribution is 6.76. The number of nitrogens with zero attached hydrogens (tertiary/aromatic N) is 1. The summed E-state index contributed by atoms with van der Waals surface area (Å²) in [6.07, 6.45) is -1.02. The number of carbonyl (C=O) groups excluding carboxylic acids is 1. The number of aliphatic hydroxyl groups excluding tert-OH is 1. The Bertz CT molecular complexity index is 1390. The van der Waals surface area contributed by atoms with Gasteiger partial charge >= 0.3 is 6.09 Å². The second-order valence-corrected chi connectivity index (χ2v) is 20.4. The van der Waals surface area contributed by atoms with Crippen LogP contribution in [0.1, 0.15) is 49.8 Å². The van der Waals surface area contributed by atoms with E-state index in [1.807, 2.05) is 99.6 Å². The van der Waals surface area contributed by atoms with E-state index in [0.717, 1.165) is 40.7 Å². The van der Waals surface area contributed by atoms with Gasteiger partial charge in [-0.25, -0.2) is 4.79 Å². The molecule has 0 aliphatic carbocycles. The second kappa shape index (κ2) is 18.5. The van der Waals surface area contributed by atoms with Gasteiger partial charge < -0.3 is 38.4 Å². The standard InChI is InChI=1S/C39H55NO8Si/c1-39(2,3)48-38(42)40-25-35(41)37(32-15-19-33(20-16-32)45-22-10-21-43-27-30-11-8-7-9-12-30)36(26-40)46-28-31-13-17-34(18-14-31)47-29-44-23-24-49(4,5)6/h7-9,11-20,35-37,41H,10,21-29H2,1-6H3. The normalized spacial score (nSPS) is 18.3. The first-order chi connectivity index (χ1) is 23.4. The highest BCUT2D eigenvalue weighted by atomic mass is 28.3. The van der Waals surface area contributed by atoms with E-state index in [9.17, 15) is 9.90 Å². The number of amides is 1. The molecule has 10 heteroatoms. The second-order valence-electron chi connectivity index (χ2n) is 14.8. The summed E-state index contributed by atoms with van der Waals surface area (Å²) in [6, 6.07) is 26.7. The van der Waals surface area contributed by atoms with E-state index in [1.54, 1.807) is 0 Å². The van der Waals surface area contributed by atoms with Gasteiger partial charge in [0.15, 0.2) is 6.79 Å². The van der Waals surface area contributed by atoms with Gasteiger partial charge in [0.2, 0.25) is 0 Å². The number of likely N-dealkylation sites (tertiary alicyclic amines) is 1. The first kappa shape index (κ1) is 38.4. The molecular weight excluding hydrogens is 639 g/mol. The summed E-state index contributed by atoms with van der Waals surface area (Å²) in [5.41, 5.74) is 2.36. The van der Waals surface area contributed by atoms with Gasteiger partial charge in [-0.05, 0) is 67.8 Å². The van der Waals surface area contributed by atoms with Crippen molar-refractivity contribution in [1.29, 1.82) is 0 Å². The number of carbonyl (C=O) groups is 1. The molecule has 0 saturated carbocycles. The average molecular weight is 694 g/mol. The van der Waals surface area contributed by atoms with Crippen LogP contribution >= 0.6 is 0 Å². The zero-order valence-electron chi connectivity index (χ0n) is 30.1. The van der Waals surface area contributed by atoms with Crippen molar-refractivity contribution in [3.63, 3.8) is 0 Å². The molecule has 268 valence electrons. The molecule has 0 bridgehead atoms. The predicted molar refractivity (Wildman–Crippen MR) is 194 cm³/mol. The Morgan fingerprint density at radius 1 is 0.796 bits per heavy atom. The fourth-order valence-corrected chi connectivity index (χ4v) is 6.15. The summed E-state index contributed by atoms with van der Waals surface area (Å²) < 4.78 is 35.2. The maximum absolute atomic E-state index is 13.0. The molecule has 1 amide bonds. The van der Waals surface area contributed by atoms with Crippen molar-refractivity contribution in [3.05, 3.63) is 95.6 Å². The summed E-state index contributed by atoms with van der Waals surface area (Å²) in [7, 11) is -1.14. The van der Waals surface area contributed by atoms with Crippen molar-refractivity contribution in [1.82, 2.24) is 4.90 Å². The number of rotatable bonds is 17. The lowest BCUT2D eigenvalue weighted by Gasteiger charge is -2.42. The molecule has 3 atom stereocenters. The molecule has 1 fully saturated rings. The smallest absolute Gasteiger partial charge is 0.410 e. The molecule has 0 aromatic heterocycles. The van der Waals surface area contributed by atoms with Crippen LogP contribution in [0, 0.1) is 0 Å². The van der Waals surface area contributed by atoms with Gasteiger partial charge in [-0.1, -0.05) is 74.2 Å². The van der Waals surface area contributed by atoms with Crippen LogP contribution in [0.25, 0.3) is 0 Å². The van der Waals surface area contributed by atoms with E-state index >= 15 is 0 Å². The zero-order chi connectivity index (χ0) is 35.3. The lowest BCUT2D eigenvalue weighted by molar-refractivity contribution is -0.0756. The van der Waals surface area contributed by atoms with Crippen molar-refractivity contribution in [2.75, 3.05) is 39.7 Å². The number of hydrogen-bond acceptors (Lipinski definition) is 8. The minimum absolute atomic E-state index is 0.146. The largest absolute Gasteiger partial charge is 0.494 e. The van der Waals surface area contributed by atoms with Crippen molar-refractivity contribution in [2.45, 2.75) is 89.8 Å². The molecule has 1 heterocycles. The van der Waals surface area contributed by atoms with E-state index in [0.29, 0.717) is 33.0 Å². The van der Waals surface area contributed by atoms with Crippen molar-refractivity contribution in [3.8, 4) is 11.5 Å². The number of hydrogen-bond donors (Lipinski definition) is 1. The van der Waals surface area contributed by atoms with Crippen molar-refractivity contribution >= 4 is 14.2 Å². The number of ether oxygens (including phenoxy) is 6. The Kier molecular flexibility index (Phi) is 14.5. The SMILES string of the molecule is CC(C)(C)OC(=O)N1CC(O)C(c2ccc(OCCCOCc3ccccc3)cc2)C(OCc2ccc(OCOCC[Si](C)(C)C)cc2)C1. The van der Waals surface area contributed by atoms with Crippen LogP contribution in [0.3, 0.4) is 0 Å². The number of benzene rings is 3. The lowest BCUT2D eigenvalue weighted by atomic mass is 9.84. The van der Waals surface area contributed by atoms with Crippen molar-refractivity contribution < 1.29 is 38.3 Å². The highest BCUT2D eigenvalue weighted by Gasteiger charge is 2.40. The molecule has 3 aromatic carbocycles. The van der Waals surface area contributed by atoms with Crippen LogP contribution in [-0.4, -0.2) is 81.7 Å². The molecule has 9 nitrogen and oxygen atoms in total. The van der Waals surface area contributed by atoms with Gasteiger partial charge in [0.05, 0.1) is 51.7 Å². The monoisotopic (exact) mass is 693 g/mol. The first-order valence-corrected chi connectivity index (χ1v) is 21.0. The highest BCUT2D eigenvalue weighted by Crippen LogP contribution is 2.33. The molecular formula is C39H55NO8Si. The minimum Gasteiger partial charge on any atom is -0.494 e. The maximum Gasteiger partial charge on any atom is 0.410 e. The molecule has 1 aliphatic rings. The van der Waals surface area contributed by atoms with Gasteiger partial charge in [-0.3, -0.25) is 0 Å². The molecule has 1 aliphatic heterocycles.